The van der Waals surface area contributed by atoms with Crippen LogP contribution in [0, 0.1) is 5.82 Å². The highest BCUT2D eigenvalue weighted by atomic mass is 19.1. The van der Waals surface area contributed by atoms with Gasteiger partial charge in [0.25, 0.3) is 0 Å². The number of rotatable bonds is 2. The van der Waals surface area contributed by atoms with Crippen LogP contribution in [0.2, 0.25) is 0 Å². The van der Waals surface area contributed by atoms with Crippen molar-refractivity contribution in [2.24, 2.45) is 0 Å². The molecule has 1 amide bonds. The van der Waals surface area contributed by atoms with E-state index in [1.165, 1.54) is 25.1 Å². The molecule has 0 radical (unpaired) electrons. The molecule has 0 saturated carbocycles. The zero-order chi connectivity index (χ0) is 13.1. The minimum Gasteiger partial charge on any atom is -0.507 e. The number of carbonyl (C=O) groups is 1. The summed E-state index contributed by atoms with van der Waals surface area (Å²) >= 11 is 0. The zero-order valence-corrected chi connectivity index (χ0v) is 9.77. The van der Waals surface area contributed by atoms with Crippen LogP contribution >= 0.6 is 0 Å². The van der Waals surface area contributed by atoms with Gasteiger partial charge in [-0.05, 0) is 35.9 Å². The van der Waals surface area contributed by atoms with Gasteiger partial charge < -0.3 is 10.4 Å². The molecular formula is C14H12FNO2. The second kappa shape index (κ2) is 4.87. The summed E-state index contributed by atoms with van der Waals surface area (Å²) in [6, 6.07) is 10.6. The van der Waals surface area contributed by atoms with Crippen molar-refractivity contribution in [3.63, 3.8) is 0 Å². The Bertz CT molecular complexity index is 596. The highest BCUT2D eigenvalue weighted by Crippen LogP contribution is 2.31. The standard InChI is InChI=1S/C14H12FNO2/c1-9(17)16-12-5-6-14(18)13(8-12)10-3-2-4-11(15)7-10/h2-8,18H,1H3,(H,16,17). The van der Waals surface area contributed by atoms with Crippen molar-refractivity contribution < 1.29 is 14.3 Å². The molecule has 0 atom stereocenters. The van der Waals surface area contributed by atoms with Crippen molar-refractivity contribution in [1.29, 1.82) is 0 Å². The molecule has 2 aromatic carbocycles. The molecule has 18 heavy (non-hydrogen) atoms. The Morgan fingerprint density at radius 2 is 2.00 bits per heavy atom. The first-order chi connectivity index (χ1) is 8.56. The number of phenolic OH excluding ortho intramolecular Hbond substituents is 1. The molecule has 0 unspecified atom stereocenters. The summed E-state index contributed by atoms with van der Waals surface area (Å²) in [5, 5.41) is 12.4. The van der Waals surface area contributed by atoms with Crippen LogP contribution in [0.4, 0.5) is 10.1 Å². The van der Waals surface area contributed by atoms with E-state index >= 15 is 0 Å². The lowest BCUT2D eigenvalue weighted by atomic mass is 10.0. The maximum atomic E-state index is 13.1. The fraction of sp³-hybridized carbons (Fsp3) is 0.0714. The van der Waals surface area contributed by atoms with Crippen LogP contribution in [-0.4, -0.2) is 11.0 Å². The van der Waals surface area contributed by atoms with Crippen molar-refractivity contribution in [3.8, 4) is 16.9 Å². The second-order valence-electron chi connectivity index (χ2n) is 3.92. The number of aromatic hydroxyl groups is 1. The summed E-state index contributed by atoms with van der Waals surface area (Å²) < 4.78 is 13.1. The Hall–Kier alpha value is -2.36. The molecule has 92 valence electrons. The predicted molar refractivity (Wildman–Crippen MR) is 67.8 cm³/mol. The lowest BCUT2D eigenvalue weighted by Gasteiger charge is -2.08. The molecule has 4 heteroatoms. The van der Waals surface area contributed by atoms with E-state index in [0.29, 0.717) is 16.8 Å². The van der Waals surface area contributed by atoms with Crippen molar-refractivity contribution in [3.05, 3.63) is 48.3 Å². The van der Waals surface area contributed by atoms with E-state index < -0.39 is 0 Å². The minimum absolute atomic E-state index is 0.0368. The van der Waals surface area contributed by atoms with E-state index in [9.17, 15) is 14.3 Å². The van der Waals surface area contributed by atoms with Gasteiger partial charge in [0, 0.05) is 18.2 Å². The lowest BCUT2D eigenvalue weighted by Crippen LogP contribution is -2.05. The topological polar surface area (TPSA) is 49.3 Å². The first-order valence-electron chi connectivity index (χ1n) is 5.43. The van der Waals surface area contributed by atoms with Gasteiger partial charge >= 0.3 is 0 Å². The summed E-state index contributed by atoms with van der Waals surface area (Å²) in [5.41, 5.74) is 1.58. The number of phenols is 1. The van der Waals surface area contributed by atoms with E-state index in [1.807, 2.05) is 0 Å². The normalized spacial score (nSPS) is 10.1. The van der Waals surface area contributed by atoms with Crippen molar-refractivity contribution in [2.45, 2.75) is 6.92 Å². The van der Waals surface area contributed by atoms with Crippen LogP contribution in [0.25, 0.3) is 11.1 Å². The predicted octanol–water partition coefficient (Wildman–Crippen LogP) is 3.16. The summed E-state index contributed by atoms with van der Waals surface area (Å²) in [5.74, 6) is -0.544. The van der Waals surface area contributed by atoms with Gasteiger partial charge in [-0.1, -0.05) is 12.1 Å². The molecule has 0 bridgehead atoms. The van der Waals surface area contributed by atoms with Gasteiger partial charge in [-0.3, -0.25) is 4.79 Å². The molecule has 0 saturated heterocycles. The molecule has 3 nitrogen and oxygen atoms in total. The third-order valence-corrected chi connectivity index (χ3v) is 2.45. The van der Waals surface area contributed by atoms with Crippen LogP contribution < -0.4 is 5.32 Å². The molecule has 0 aliphatic heterocycles. The monoisotopic (exact) mass is 245 g/mol. The van der Waals surface area contributed by atoms with Crippen molar-refractivity contribution >= 4 is 11.6 Å². The number of amides is 1. The molecule has 0 aliphatic rings. The van der Waals surface area contributed by atoms with Crippen molar-refractivity contribution in [1.82, 2.24) is 0 Å². The van der Waals surface area contributed by atoms with Gasteiger partial charge in [-0.25, -0.2) is 4.39 Å². The molecular weight excluding hydrogens is 233 g/mol. The van der Waals surface area contributed by atoms with Gasteiger partial charge in [-0.15, -0.1) is 0 Å². The molecule has 2 aromatic rings. The Morgan fingerprint density at radius 3 is 2.67 bits per heavy atom. The smallest absolute Gasteiger partial charge is 0.221 e. The summed E-state index contributed by atoms with van der Waals surface area (Å²) in [6.45, 7) is 1.40. The second-order valence-corrected chi connectivity index (χ2v) is 3.92. The van der Waals surface area contributed by atoms with Gasteiger partial charge in [-0.2, -0.15) is 0 Å². The number of benzene rings is 2. The molecule has 0 spiro atoms. The number of hydrogen-bond acceptors (Lipinski definition) is 2. The van der Waals surface area contributed by atoms with E-state index in [2.05, 4.69) is 5.32 Å². The number of carbonyl (C=O) groups excluding carboxylic acids is 1. The van der Waals surface area contributed by atoms with Crippen molar-refractivity contribution in [2.75, 3.05) is 5.32 Å². The van der Waals surface area contributed by atoms with E-state index in [1.54, 1.807) is 24.3 Å². The average molecular weight is 245 g/mol. The lowest BCUT2D eigenvalue weighted by molar-refractivity contribution is -0.114. The summed E-state index contributed by atoms with van der Waals surface area (Å²) in [7, 11) is 0. The quantitative estimate of drug-likeness (QED) is 0.798. The fourth-order valence-electron chi connectivity index (χ4n) is 1.70. The molecule has 0 heterocycles. The van der Waals surface area contributed by atoms with E-state index in [-0.39, 0.29) is 17.5 Å². The maximum absolute atomic E-state index is 13.1. The largest absolute Gasteiger partial charge is 0.507 e. The maximum Gasteiger partial charge on any atom is 0.221 e. The summed E-state index contributed by atoms with van der Waals surface area (Å²) in [6.07, 6.45) is 0. The number of anilines is 1. The molecule has 0 aromatic heterocycles. The van der Waals surface area contributed by atoms with Crippen LogP contribution in [0.1, 0.15) is 6.92 Å². The third kappa shape index (κ3) is 2.66. The fourth-order valence-corrected chi connectivity index (χ4v) is 1.70. The first kappa shape index (κ1) is 12.1. The average Bonchev–Trinajstić information content (AvgIpc) is 2.31. The van der Waals surface area contributed by atoms with Crippen LogP contribution in [0.15, 0.2) is 42.5 Å². The Labute approximate surface area is 104 Å². The van der Waals surface area contributed by atoms with Gasteiger partial charge in [0.05, 0.1) is 0 Å². The molecule has 0 fully saturated rings. The Balaban J connectivity index is 2.46. The first-order valence-corrected chi connectivity index (χ1v) is 5.43. The SMILES string of the molecule is CC(=O)Nc1ccc(O)c(-c2cccc(F)c2)c1. The molecule has 2 N–H and O–H groups in total. The molecule has 0 aliphatic carbocycles. The number of nitrogens with one attached hydrogen (secondary N) is 1. The van der Waals surface area contributed by atoms with Crippen LogP contribution in [-0.2, 0) is 4.79 Å². The van der Waals surface area contributed by atoms with Gasteiger partial charge in [0.1, 0.15) is 11.6 Å². The van der Waals surface area contributed by atoms with E-state index in [4.69, 9.17) is 0 Å². The summed E-state index contributed by atoms with van der Waals surface area (Å²) in [4.78, 5) is 11.0. The number of halogens is 1. The Morgan fingerprint density at radius 1 is 1.22 bits per heavy atom. The zero-order valence-electron chi connectivity index (χ0n) is 9.77. The van der Waals surface area contributed by atoms with Gasteiger partial charge in [0.2, 0.25) is 5.91 Å². The van der Waals surface area contributed by atoms with Crippen LogP contribution in [0.3, 0.4) is 0 Å². The molecule has 2 rings (SSSR count). The number of hydrogen-bond donors (Lipinski definition) is 2. The Kier molecular flexibility index (Phi) is 3.28. The van der Waals surface area contributed by atoms with E-state index in [0.717, 1.165) is 0 Å². The minimum atomic E-state index is -0.378. The van der Waals surface area contributed by atoms with Gasteiger partial charge in [0.15, 0.2) is 0 Å². The highest BCUT2D eigenvalue weighted by molar-refractivity contribution is 5.90. The highest BCUT2D eigenvalue weighted by Gasteiger charge is 2.07. The third-order valence-electron chi connectivity index (χ3n) is 2.45. The van der Waals surface area contributed by atoms with Crippen LogP contribution in [0.5, 0.6) is 5.75 Å².